The first-order valence-electron chi connectivity index (χ1n) is 17.3. The summed E-state index contributed by atoms with van der Waals surface area (Å²) in [5, 5.41) is 41.9. The summed E-state index contributed by atoms with van der Waals surface area (Å²) in [4.78, 5) is 26.8. The standard InChI is InChI=1S/C36H57NO13/c1-8-29-24(17-46-36-35(45-7)34(44-6)28(41)18-47-36)13-19(2)9-10-26(39)20(3)14-23(11-12-38)33(21(4)27(40)16-30(42)49-29)50-31-15-25(37)32(43)22(5)48-31/h9-10,13,15,18,20-25,27,29,32-36,38,40-41,43H,8,11-12,14,16-17,37H2,1-7H3/b10-9+,19-13+. The van der Waals surface area contributed by atoms with Gasteiger partial charge in [-0.1, -0.05) is 38.5 Å². The zero-order chi connectivity index (χ0) is 37.1. The number of rotatable bonds is 10. The Morgan fingerprint density at radius 1 is 1.02 bits per heavy atom. The Kier molecular flexibility index (Phi) is 16.2. The minimum atomic E-state index is -1.23. The highest BCUT2D eigenvalue weighted by atomic mass is 16.7. The molecule has 0 aromatic heterocycles. The van der Waals surface area contributed by atoms with E-state index in [4.69, 9.17) is 38.9 Å². The van der Waals surface area contributed by atoms with Gasteiger partial charge < -0.3 is 59.3 Å². The highest BCUT2D eigenvalue weighted by Crippen LogP contribution is 2.34. The molecule has 14 heteroatoms. The maximum absolute atomic E-state index is 13.4. The van der Waals surface area contributed by atoms with Crippen LogP contribution in [-0.4, -0.2) is 115 Å². The molecule has 13 atom stereocenters. The molecule has 50 heavy (non-hydrogen) atoms. The molecule has 0 amide bonds. The molecule has 0 aliphatic carbocycles. The van der Waals surface area contributed by atoms with Gasteiger partial charge in [-0.3, -0.25) is 9.59 Å². The molecule has 284 valence electrons. The van der Waals surface area contributed by atoms with Crippen molar-refractivity contribution in [3.63, 3.8) is 0 Å². The zero-order valence-corrected chi connectivity index (χ0v) is 30.2. The number of methoxy groups -OCH3 is 2. The quantitative estimate of drug-likeness (QED) is 0.207. The van der Waals surface area contributed by atoms with Gasteiger partial charge in [0.05, 0.1) is 25.2 Å². The van der Waals surface area contributed by atoms with Crippen molar-refractivity contribution in [3.05, 3.63) is 47.8 Å². The summed E-state index contributed by atoms with van der Waals surface area (Å²) < 4.78 is 40.6. The van der Waals surface area contributed by atoms with Crippen LogP contribution in [0.25, 0.3) is 0 Å². The zero-order valence-electron chi connectivity index (χ0n) is 30.2. The van der Waals surface area contributed by atoms with Gasteiger partial charge in [-0.05, 0) is 45.1 Å². The molecular weight excluding hydrogens is 654 g/mol. The molecule has 0 radical (unpaired) electrons. The second-order valence-electron chi connectivity index (χ2n) is 13.5. The van der Waals surface area contributed by atoms with Gasteiger partial charge in [0, 0.05) is 44.7 Å². The lowest BCUT2D eigenvalue weighted by Gasteiger charge is -2.38. The predicted molar refractivity (Wildman–Crippen MR) is 181 cm³/mol. The van der Waals surface area contributed by atoms with Crippen LogP contribution < -0.4 is 5.73 Å². The lowest BCUT2D eigenvalue weighted by Crippen LogP contribution is -2.47. The van der Waals surface area contributed by atoms with Crippen molar-refractivity contribution >= 4 is 11.8 Å². The van der Waals surface area contributed by atoms with Gasteiger partial charge in [-0.25, -0.2) is 0 Å². The summed E-state index contributed by atoms with van der Waals surface area (Å²) in [6.07, 6.45) is 1.33. The third-order valence-corrected chi connectivity index (χ3v) is 9.68. The second-order valence-corrected chi connectivity index (χ2v) is 13.5. The Morgan fingerprint density at radius 2 is 1.74 bits per heavy atom. The van der Waals surface area contributed by atoms with Gasteiger partial charge >= 0.3 is 5.97 Å². The highest BCUT2D eigenvalue weighted by Gasteiger charge is 2.41. The Labute approximate surface area is 294 Å². The fraction of sp³-hybridized carbons (Fsp3) is 0.722. The SMILES string of the molecule is CCC1OC(=O)CC(O)C(C)C(OC2=CC(N)C(O)C(C)O2)C(CCO)CC(C)C(=O)/C=C/C(C)=C/C1COC1OC=C(O)C(OC)C1OC. The van der Waals surface area contributed by atoms with E-state index in [1.54, 1.807) is 26.8 Å². The third-order valence-electron chi connectivity index (χ3n) is 9.68. The van der Waals surface area contributed by atoms with E-state index in [9.17, 15) is 30.0 Å². The molecule has 0 bridgehead atoms. The Balaban J connectivity index is 1.94. The largest absolute Gasteiger partial charge is 0.506 e. The fourth-order valence-electron chi connectivity index (χ4n) is 6.57. The maximum Gasteiger partial charge on any atom is 0.308 e. The van der Waals surface area contributed by atoms with Crippen LogP contribution in [0.15, 0.2) is 47.8 Å². The van der Waals surface area contributed by atoms with Gasteiger partial charge in [-0.15, -0.1) is 0 Å². The minimum Gasteiger partial charge on any atom is -0.506 e. The number of ether oxygens (including phenoxy) is 7. The van der Waals surface area contributed by atoms with E-state index in [0.717, 1.165) is 11.8 Å². The van der Waals surface area contributed by atoms with Gasteiger partial charge in [0.1, 0.15) is 36.8 Å². The number of hydrogen-bond acceptors (Lipinski definition) is 14. The van der Waals surface area contributed by atoms with Crippen molar-refractivity contribution < 1.29 is 63.2 Å². The summed E-state index contributed by atoms with van der Waals surface area (Å²) in [5.74, 6) is -2.98. The number of allylic oxidation sites excluding steroid dienone is 3. The topological polar surface area (TPSA) is 206 Å². The molecule has 6 N–H and O–H groups in total. The van der Waals surface area contributed by atoms with Crippen LogP contribution in [-0.2, 0) is 42.7 Å². The first-order valence-corrected chi connectivity index (χ1v) is 17.3. The summed E-state index contributed by atoms with van der Waals surface area (Å²) in [6, 6.07) is -0.758. The molecule has 3 heterocycles. The van der Waals surface area contributed by atoms with E-state index >= 15 is 0 Å². The Morgan fingerprint density at radius 3 is 2.36 bits per heavy atom. The van der Waals surface area contributed by atoms with Crippen LogP contribution in [0, 0.1) is 23.7 Å². The monoisotopic (exact) mass is 711 g/mol. The van der Waals surface area contributed by atoms with Crippen LogP contribution in [0.5, 0.6) is 0 Å². The summed E-state index contributed by atoms with van der Waals surface area (Å²) in [5.41, 5.74) is 6.81. The van der Waals surface area contributed by atoms with Gasteiger partial charge in [-0.2, -0.15) is 0 Å². The van der Waals surface area contributed by atoms with E-state index < -0.39 is 84.7 Å². The number of carbonyl (C=O) groups excluding carboxylic acids is 2. The molecule has 0 spiro atoms. The van der Waals surface area contributed by atoms with Crippen molar-refractivity contribution in [2.45, 2.75) is 115 Å². The molecule has 3 rings (SSSR count). The van der Waals surface area contributed by atoms with E-state index in [1.807, 2.05) is 19.9 Å². The number of aliphatic hydroxyl groups excluding tert-OH is 4. The fourth-order valence-corrected chi connectivity index (χ4v) is 6.57. The summed E-state index contributed by atoms with van der Waals surface area (Å²) >= 11 is 0. The van der Waals surface area contributed by atoms with Gasteiger partial charge in [0.25, 0.3) is 5.95 Å². The van der Waals surface area contributed by atoms with E-state index in [1.165, 1.54) is 26.4 Å². The van der Waals surface area contributed by atoms with Crippen molar-refractivity contribution in [2.75, 3.05) is 27.4 Å². The predicted octanol–water partition coefficient (Wildman–Crippen LogP) is 2.56. The third kappa shape index (κ3) is 11.0. The molecule has 13 unspecified atom stereocenters. The Bertz CT molecular complexity index is 1230. The number of nitrogens with two attached hydrogens (primary N) is 1. The molecule has 0 fully saturated rings. The maximum atomic E-state index is 13.4. The lowest BCUT2D eigenvalue weighted by atomic mass is 9.79. The number of carbonyl (C=O) groups is 2. The highest BCUT2D eigenvalue weighted by molar-refractivity contribution is 5.91. The molecule has 3 aliphatic heterocycles. The lowest BCUT2D eigenvalue weighted by molar-refractivity contribution is -0.223. The van der Waals surface area contributed by atoms with E-state index in [-0.39, 0.29) is 43.5 Å². The van der Waals surface area contributed by atoms with Crippen LogP contribution in [0.4, 0.5) is 0 Å². The van der Waals surface area contributed by atoms with Gasteiger partial charge in [0.15, 0.2) is 17.6 Å². The first-order chi connectivity index (χ1) is 23.7. The number of esters is 1. The second kappa shape index (κ2) is 19.6. The summed E-state index contributed by atoms with van der Waals surface area (Å²) in [7, 11) is 2.87. The smallest absolute Gasteiger partial charge is 0.308 e. The number of aliphatic hydroxyl groups is 4. The summed E-state index contributed by atoms with van der Waals surface area (Å²) in [6.45, 7) is 8.65. The van der Waals surface area contributed by atoms with Crippen molar-refractivity contribution in [2.24, 2.45) is 29.4 Å². The first kappa shape index (κ1) is 41.4. The van der Waals surface area contributed by atoms with E-state index in [0.29, 0.717) is 12.8 Å². The minimum absolute atomic E-state index is 0.0129. The normalized spacial score (nSPS) is 39.5. The van der Waals surface area contributed by atoms with Crippen LogP contribution >= 0.6 is 0 Å². The average Bonchev–Trinajstić information content (AvgIpc) is 3.08. The molecule has 0 saturated heterocycles. The number of cyclic esters (lactones) is 1. The van der Waals surface area contributed by atoms with E-state index in [2.05, 4.69) is 0 Å². The molecule has 3 aliphatic rings. The Hall–Kier alpha value is -2.98. The van der Waals surface area contributed by atoms with Crippen LogP contribution in [0.1, 0.15) is 60.3 Å². The average molecular weight is 712 g/mol. The molecule has 14 nitrogen and oxygen atoms in total. The molecule has 0 aromatic rings. The number of ketones is 1. The van der Waals surface area contributed by atoms with Crippen molar-refractivity contribution in [3.8, 4) is 0 Å². The van der Waals surface area contributed by atoms with Crippen molar-refractivity contribution in [1.29, 1.82) is 0 Å². The van der Waals surface area contributed by atoms with Gasteiger partial charge in [0.2, 0.25) is 6.29 Å². The van der Waals surface area contributed by atoms with Crippen LogP contribution in [0.2, 0.25) is 0 Å². The van der Waals surface area contributed by atoms with Crippen LogP contribution in [0.3, 0.4) is 0 Å². The molecular formula is C36H57NO13. The number of hydrogen-bond donors (Lipinski definition) is 5. The molecule has 0 saturated carbocycles. The molecule has 0 aromatic carbocycles. The van der Waals surface area contributed by atoms with Crippen molar-refractivity contribution in [1.82, 2.24) is 0 Å².